The molecule has 0 radical (unpaired) electrons. The molecule has 2 N–H and O–H groups in total. The van der Waals surface area contributed by atoms with Crippen LogP contribution in [0, 0.1) is 0 Å². The minimum absolute atomic E-state index is 0. The molecule has 0 aliphatic carbocycles. The second kappa shape index (κ2) is 13.6. The van der Waals surface area contributed by atoms with Crippen molar-refractivity contribution in [3.8, 4) is 0 Å². The average Bonchev–Trinajstić information content (AvgIpc) is 3.21. The number of rotatable bonds is 8. The summed E-state index contributed by atoms with van der Waals surface area (Å²) in [6.45, 7) is 12.5. The van der Waals surface area contributed by atoms with Crippen LogP contribution in [0.25, 0.3) is 0 Å². The maximum Gasteiger partial charge on any atom is 0.191 e. The molecule has 2 aliphatic rings. The SMILES string of the molecule is CCN1CCN(CCCCNC(=NC)NC2CCN(c3cccc(Cl)c3)C2)CC1.I. The first-order valence-electron chi connectivity index (χ1n) is 11.1. The van der Waals surface area contributed by atoms with Crippen LogP contribution in [0.3, 0.4) is 0 Å². The molecule has 1 unspecified atom stereocenters. The van der Waals surface area contributed by atoms with E-state index in [1.54, 1.807) is 0 Å². The van der Waals surface area contributed by atoms with Gasteiger partial charge in [0.15, 0.2) is 5.96 Å². The maximum atomic E-state index is 6.14. The Balaban J connectivity index is 0.00000320. The quantitative estimate of drug-likeness (QED) is 0.226. The molecule has 0 spiro atoms. The zero-order valence-electron chi connectivity index (χ0n) is 18.4. The lowest BCUT2D eigenvalue weighted by molar-refractivity contribution is 0.136. The topological polar surface area (TPSA) is 46.1 Å². The van der Waals surface area contributed by atoms with Gasteiger partial charge in [-0.3, -0.25) is 4.99 Å². The van der Waals surface area contributed by atoms with E-state index in [0.717, 1.165) is 37.0 Å². The van der Waals surface area contributed by atoms with Crippen molar-refractivity contribution in [1.82, 2.24) is 20.4 Å². The standard InChI is InChI=1S/C22H37ClN6.HI/c1-3-27-13-15-28(16-14-27)11-5-4-10-25-22(24-2)26-20-9-12-29(18-20)21-8-6-7-19(23)17-21;/h6-8,17,20H,3-5,9-16,18H2,1-2H3,(H2,24,25,26);1H. The molecule has 0 amide bonds. The number of nitrogens with zero attached hydrogens (tertiary/aromatic N) is 4. The van der Waals surface area contributed by atoms with E-state index in [9.17, 15) is 0 Å². The second-order valence-corrected chi connectivity index (χ2v) is 8.47. The smallest absolute Gasteiger partial charge is 0.191 e. The Morgan fingerprint density at radius 1 is 1.13 bits per heavy atom. The number of halogens is 2. The number of hydrogen-bond donors (Lipinski definition) is 2. The molecule has 2 saturated heterocycles. The fourth-order valence-corrected chi connectivity index (χ4v) is 4.35. The minimum Gasteiger partial charge on any atom is -0.369 e. The molecule has 1 aromatic carbocycles. The summed E-state index contributed by atoms with van der Waals surface area (Å²) in [6.07, 6.45) is 3.52. The van der Waals surface area contributed by atoms with Crippen LogP contribution in [0.4, 0.5) is 5.69 Å². The largest absolute Gasteiger partial charge is 0.369 e. The molecule has 2 fully saturated rings. The third-order valence-electron chi connectivity index (χ3n) is 6.03. The summed E-state index contributed by atoms with van der Waals surface area (Å²) in [5.41, 5.74) is 1.20. The Bertz CT molecular complexity index is 650. The zero-order chi connectivity index (χ0) is 20.5. The number of unbranched alkanes of at least 4 members (excludes halogenated alkanes) is 1. The normalized spacial score (nSPS) is 20.8. The number of anilines is 1. The maximum absolute atomic E-state index is 6.14. The fourth-order valence-electron chi connectivity index (χ4n) is 4.17. The molecule has 1 atom stereocenters. The molecule has 2 aliphatic heterocycles. The van der Waals surface area contributed by atoms with E-state index in [0.29, 0.717) is 6.04 Å². The van der Waals surface area contributed by atoms with Crippen LogP contribution in [0.5, 0.6) is 0 Å². The van der Waals surface area contributed by atoms with Crippen molar-refractivity contribution < 1.29 is 0 Å². The van der Waals surface area contributed by atoms with Gasteiger partial charge in [0.2, 0.25) is 0 Å². The van der Waals surface area contributed by atoms with Crippen LogP contribution in [0.1, 0.15) is 26.2 Å². The Kier molecular flexibility index (Phi) is 11.6. The van der Waals surface area contributed by atoms with E-state index in [4.69, 9.17) is 11.6 Å². The second-order valence-electron chi connectivity index (χ2n) is 8.04. The molecular weight excluding hydrogens is 511 g/mol. The van der Waals surface area contributed by atoms with Gasteiger partial charge in [0, 0.05) is 69.6 Å². The van der Waals surface area contributed by atoms with Crippen LogP contribution < -0.4 is 15.5 Å². The number of piperazine rings is 1. The lowest BCUT2D eigenvalue weighted by Crippen LogP contribution is -2.46. The summed E-state index contributed by atoms with van der Waals surface area (Å²) < 4.78 is 0. The highest BCUT2D eigenvalue weighted by molar-refractivity contribution is 14.0. The van der Waals surface area contributed by atoms with Crippen LogP contribution >= 0.6 is 35.6 Å². The van der Waals surface area contributed by atoms with E-state index in [-0.39, 0.29) is 24.0 Å². The van der Waals surface area contributed by atoms with Gasteiger partial charge in [-0.25, -0.2) is 0 Å². The monoisotopic (exact) mass is 548 g/mol. The van der Waals surface area contributed by atoms with Crippen molar-refractivity contribution in [3.63, 3.8) is 0 Å². The molecule has 6 nitrogen and oxygen atoms in total. The molecule has 30 heavy (non-hydrogen) atoms. The number of guanidine groups is 1. The summed E-state index contributed by atoms with van der Waals surface area (Å²) >= 11 is 6.14. The molecule has 1 aromatic rings. The van der Waals surface area contributed by atoms with Gasteiger partial charge in [-0.15, -0.1) is 24.0 Å². The number of nitrogens with one attached hydrogen (secondary N) is 2. The number of hydrogen-bond acceptors (Lipinski definition) is 4. The van der Waals surface area contributed by atoms with Crippen LogP contribution in [-0.2, 0) is 0 Å². The number of likely N-dealkylation sites (N-methyl/N-ethyl adjacent to an activating group) is 1. The van der Waals surface area contributed by atoms with E-state index >= 15 is 0 Å². The predicted octanol–water partition coefficient (Wildman–Crippen LogP) is 3.12. The van der Waals surface area contributed by atoms with Crippen molar-refractivity contribution in [1.29, 1.82) is 0 Å². The van der Waals surface area contributed by atoms with Crippen molar-refractivity contribution in [2.45, 2.75) is 32.2 Å². The Morgan fingerprint density at radius 3 is 2.60 bits per heavy atom. The molecular formula is C22H38ClIN6. The summed E-state index contributed by atoms with van der Waals surface area (Å²) in [7, 11) is 1.85. The van der Waals surface area contributed by atoms with Gasteiger partial charge in [-0.2, -0.15) is 0 Å². The van der Waals surface area contributed by atoms with E-state index in [2.05, 4.69) is 43.3 Å². The molecule has 170 valence electrons. The minimum atomic E-state index is 0. The van der Waals surface area contributed by atoms with Gasteiger partial charge in [-0.05, 0) is 50.6 Å². The molecule has 2 heterocycles. The summed E-state index contributed by atoms with van der Waals surface area (Å²) in [6, 6.07) is 8.52. The Labute approximate surface area is 204 Å². The first-order valence-corrected chi connectivity index (χ1v) is 11.5. The van der Waals surface area contributed by atoms with Gasteiger partial charge in [0.25, 0.3) is 0 Å². The molecule has 3 rings (SSSR count). The van der Waals surface area contributed by atoms with E-state index in [1.165, 1.54) is 57.8 Å². The Hall–Kier alpha value is -0.770. The highest BCUT2D eigenvalue weighted by Gasteiger charge is 2.23. The van der Waals surface area contributed by atoms with Crippen LogP contribution in [0.15, 0.2) is 29.3 Å². The Morgan fingerprint density at radius 2 is 1.90 bits per heavy atom. The lowest BCUT2D eigenvalue weighted by atomic mass is 10.2. The first kappa shape index (κ1) is 25.5. The van der Waals surface area contributed by atoms with Crippen LogP contribution in [-0.4, -0.2) is 87.8 Å². The van der Waals surface area contributed by atoms with Crippen molar-refractivity contribution >= 4 is 47.2 Å². The van der Waals surface area contributed by atoms with Gasteiger partial charge < -0.3 is 25.3 Å². The molecule has 0 aromatic heterocycles. The molecule has 0 bridgehead atoms. The lowest BCUT2D eigenvalue weighted by Gasteiger charge is -2.34. The molecule has 8 heteroatoms. The van der Waals surface area contributed by atoms with Crippen molar-refractivity contribution in [2.24, 2.45) is 4.99 Å². The van der Waals surface area contributed by atoms with Gasteiger partial charge in [0.05, 0.1) is 0 Å². The van der Waals surface area contributed by atoms with Gasteiger partial charge in [-0.1, -0.05) is 24.6 Å². The average molecular weight is 549 g/mol. The van der Waals surface area contributed by atoms with Gasteiger partial charge in [0.1, 0.15) is 0 Å². The number of benzene rings is 1. The van der Waals surface area contributed by atoms with Crippen molar-refractivity contribution in [3.05, 3.63) is 29.3 Å². The highest BCUT2D eigenvalue weighted by atomic mass is 127. The van der Waals surface area contributed by atoms with Gasteiger partial charge >= 0.3 is 0 Å². The van der Waals surface area contributed by atoms with E-state index < -0.39 is 0 Å². The summed E-state index contributed by atoms with van der Waals surface area (Å²) in [5.74, 6) is 0.916. The third-order valence-corrected chi connectivity index (χ3v) is 6.27. The van der Waals surface area contributed by atoms with Crippen molar-refractivity contribution in [2.75, 3.05) is 70.9 Å². The fraction of sp³-hybridized carbons (Fsp3) is 0.682. The number of aliphatic imine (C=N–C) groups is 1. The van der Waals surface area contributed by atoms with Crippen LogP contribution in [0.2, 0.25) is 5.02 Å². The summed E-state index contributed by atoms with van der Waals surface area (Å²) in [5, 5.41) is 7.86. The zero-order valence-corrected chi connectivity index (χ0v) is 21.5. The summed E-state index contributed by atoms with van der Waals surface area (Å²) in [4.78, 5) is 11.9. The van der Waals surface area contributed by atoms with E-state index in [1.807, 2.05) is 25.2 Å². The molecule has 0 saturated carbocycles. The third kappa shape index (κ3) is 8.05. The highest BCUT2D eigenvalue weighted by Crippen LogP contribution is 2.23. The first-order chi connectivity index (χ1) is 14.2. The predicted molar refractivity (Wildman–Crippen MR) is 140 cm³/mol.